The summed E-state index contributed by atoms with van der Waals surface area (Å²) in [4.78, 5) is 13.1. The molecule has 0 spiro atoms. The first kappa shape index (κ1) is 12.3. The average molecular weight is 241 g/mol. The van der Waals surface area contributed by atoms with Crippen LogP contribution in [0.25, 0.3) is 0 Å². The van der Waals surface area contributed by atoms with Gasteiger partial charge in [0, 0.05) is 11.6 Å². The smallest absolute Gasteiger partial charge is 0.482 e. The van der Waals surface area contributed by atoms with Gasteiger partial charge in [-0.15, -0.1) is 13.2 Å². The average Bonchev–Trinajstić information content (AvgIpc) is 2.19. The predicted molar refractivity (Wildman–Crippen MR) is 45.1 cm³/mol. The van der Waals surface area contributed by atoms with Crippen LogP contribution in [0.5, 0.6) is 11.6 Å². The summed E-state index contributed by atoms with van der Waals surface area (Å²) in [6.45, 7) is -1.27. The van der Waals surface area contributed by atoms with E-state index in [2.05, 4.69) is 9.47 Å². The van der Waals surface area contributed by atoms with Crippen LogP contribution in [-0.2, 0) is 6.67 Å². The van der Waals surface area contributed by atoms with Crippen molar-refractivity contribution in [1.82, 2.24) is 4.98 Å². The van der Waals surface area contributed by atoms with Crippen LogP contribution in [0.2, 0.25) is 0 Å². The molecule has 1 aromatic heterocycles. The largest absolute Gasteiger partial charge is 0.573 e. The molecule has 16 heavy (non-hydrogen) atoms. The molecule has 0 amide bonds. The molecule has 0 unspecified atom stereocenters. The SMILES string of the molecule is COc1cc(CF)c(OC(F)(F)F)c(=O)[nH]1. The number of aromatic amines is 1. The Kier molecular flexibility index (Phi) is 3.41. The number of pyridine rings is 1. The predicted octanol–water partition coefficient (Wildman–Crippen LogP) is 1.75. The fourth-order valence-corrected chi connectivity index (χ4v) is 1.01. The Morgan fingerprint density at radius 1 is 1.44 bits per heavy atom. The fraction of sp³-hybridized carbons (Fsp3) is 0.375. The molecule has 0 aromatic carbocycles. The molecule has 1 heterocycles. The van der Waals surface area contributed by atoms with E-state index in [0.29, 0.717) is 0 Å². The van der Waals surface area contributed by atoms with Crippen LogP contribution in [-0.4, -0.2) is 18.5 Å². The molecule has 0 atom stereocenters. The molecule has 4 nitrogen and oxygen atoms in total. The summed E-state index contributed by atoms with van der Waals surface area (Å²) in [6.07, 6.45) is -5.05. The molecule has 8 heteroatoms. The lowest BCUT2D eigenvalue weighted by Gasteiger charge is -2.11. The van der Waals surface area contributed by atoms with E-state index in [4.69, 9.17) is 0 Å². The second kappa shape index (κ2) is 4.42. The van der Waals surface area contributed by atoms with Crippen molar-refractivity contribution in [3.8, 4) is 11.6 Å². The molecule has 0 aliphatic heterocycles. The van der Waals surface area contributed by atoms with Crippen molar-refractivity contribution < 1.29 is 27.0 Å². The van der Waals surface area contributed by atoms with Crippen molar-refractivity contribution in [3.05, 3.63) is 22.0 Å². The van der Waals surface area contributed by atoms with Gasteiger partial charge in [0.05, 0.1) is 7.11 Å². The van der Waals surface area contributed by atoms with Crippen molar-refractivity contribution in [3.63, 3.8) is 0 Å². The van der Waals surface area contributed by atoms with E-state index in [1.54, 1.807) is 0 Å². The number of methoxy groups -OCH3 is 1. The van der Waals surface area contributed by atoms with Gasteiger partial charge < -0.3 is 9.47 Å². The molecule has 90 valence electrons. The number of ether oxygens (including phenoxy) is 2. The molecule has 1 aromatic rings. The van der Waals surface area contributed by atoms with Gasteiger partial charge >= 0.3 is 6.36 Å². The summed E-state index contributed by atoms with van der Waals surface area (Å²) < 4.78 is 56.1. The quantitative estimate of drug-likeness (QED) is 0.820. The van der Waals surface area contributed by atoms with Crippen LogP contribution < -0.4 is 15.0 Å². The zero-order valence-corrected chi connectivity index (χ0v) is 8.02. The van der Waals surface area contributed by atoms with Gasteiger partial charge in [-0.05, 0) is 0 Å². The van der Waals surface area contributed by atoms with E-state index >= 15 is 0 Å². The van der Waals surface area contributed by atoms with Gasteiger partial charge in [-0.25, -0.2) is 4.39 Å². The number of rotatable bonds is 3. The second-order valence-corrected chi connectivity index (χ2v) is 2.70. The Bertz CT molecular complexity index is 426. The van der Waals surface area contributed by atoms with Gasteiger partial charge in [-0.2, -0.15) is 0 Å². The maximum atomic E-state index is 12.4. The number of hydrogen-bond acceptors (Lipinski definition) is 3. The van der Waals surface area contributed by atoms with Crippen LogP contribution in [0.4, 0.5) is 17.6 Å². The van der Waals surface area contributed by atoms with Gasteiger partial charge in [0.15, 0.2) is 11.6 Å². The normalized spacial score (nSPS) is 11.3. The Hall–Kier alpha value is -1.73. The van der Waals surface area contributed by atoms with Crippen LogP contribution in [0.15, 0.2) is 10.9 Å². The van der Waals surface area contributed by atoms with E-state index in [1.807, 2.05) is 4.98 Å². The van der Waals surface area contributed by atoms with Crippen LogP contribution in [0, 0.1) is 0 Å². The van der Waals surface area contributed by atoms with E-state index in [1.165, 1.54) is 7.11 Å². The van der Waals surface area contributed by atoms with E-state index in [0.717, 1.165) is 6.07 Å². The topological polar surface area (TPSA) is 51.3 Å². The lowest BCUT2D eigenvalue weighted by Crippen LogP contribution is -2.24. The highest BCUT2D eigenvalue weighted by Crippen LogP contribution is 2.25. The lowest BCUT2D eigenvalue weighted by atomic mass is 10.2. The minimum Gasteiger partial charge on any atom is -0.482 e. The highest BCUT2D eigenvalue weighted by atomic mass is 19.4. The third-order valence-electron chi connectivity index (χ3n) is 1.62. The molecule has 1 N–H and O–H groups in total. The standard InChI is InChI=1S/C8H7F4NO3/c1-15-5-2-4(3-9)6(7(14)13-5)16-8(10,11)12/h2H,3H2,1H3,(H,13,14). The van der Waals surface area contributed by atoms with Gasteiger partial charge in [-0.3, -0.25) is 9.78 Å². The first-order valence-electron chi connectivity index (χ1n) is 3.99. The molecule has 0 radical (unpaired) electrons. The molecular weight excluding hydrogens is 234 g/mol. The van der Waals surface area contributed by atoms with Gasteiger partial charge in [0.25, 0.3) is 5.56 Å². The molecule has 1 rings (SSSR count). The van der Waals surface area contributed by atoms with E-state index < -0.39 is 29.9 Å². The summed E-state index contributed by atoms with van der Waals surface area (Å²) in [5, 5.41) is 0. The summed E-state index contributed by atoms with van der Waals surface area (Å²) in [7, 11) is 1.18. The van der Waals surface area contributed by atoms with Crippen molar-refractivity contribution in [2.75, 3.05) is 7.11 Å². The third kappa shape index (κ3) is 2.88. The van der Waals surface area contributed by atoms with Gasteiger partial charge in [-0.1, -0.05) is 0 Å². The minimum absolute atomic E-state index is 0.146. The molecule has 0 saturated carbocycles. The highest BCUT2D eigenvalue weighted by Gasteiger charge is 2.33. The number of H-pyrrole nitrogens is 1. The third-order valence-corrected chi connectivity index (χ3v) is 1.62. The van der Waals surface area contributed by atoms with Crippen LogP contribution in [0.3, 0.4) is 0 Å². The summed E-state index contributed by atoms with van der Waals surface area (Å²) in [5.74, 6) is -1.26. The summed E-state index contributed by atoms with van der Waals surface area (Å²) >= 11 is 0. The summed E-state index contributed by atoms with van der Waals surface area (Å²) in [5.41, 5.74) is -1.73. The Balaban J connectivity index is 3.22. The number of hydrogen-bond donors (Lipinski definition) is 1. The number of alkyl halides is 4. The molecule has 0 fully saturated rings. The van der Waals surface area contributed by atoms with Crippen molar-refractivity contribution in [2.24, 2.45) is 0 Å². The van der Waals surface area contributed by atoms with Crippen LogP contribution >= 0.6 is 0 Å². The van der Waals surface area contributed by atoms with Crippen molar-refractivity contribution in [2.45, 2.75) is 13.0 Å². The van der Waals surface area contributed by atoms with Crippen LogP contribution in [0.1, 0.15) is 5.56 Å². The zero-order chi connectivity index (χ0) is 12.3. The van der Waals surface area contributed by atoms with E-state index in [-0.39, 0.29) is 5.88 Å². The second-order valence-electron chi connectivity index (χ2n) is 2.70. The number of halogens is 4. The van der Waals surface area contributed by atoms with Crippen molar-refractivity contribution in [1.29, 1.82) is 0 Å². The van der Waals surface area contributed by atoms with E-state index in [9.17, 15) is 22.4 Å². The number of nitrogens with one attached hydrogen (secondary N) is 1. The monoisotopic (exact) mass is 241 g/mol. The Morgan fingerprint density at radius 2 is 2.06 bits per heavy atom. The Labute approximate surface area is 86.8 Å². The maximum absolute atomic E-state index is 12.4. The minimum atomic E-state index is -5.05. The lowest BCUT2D eigenvalue weighted by molar-refractivity contribution is -0.275. The number of aromatic nitrogens is 1. The Morgan fingerprint density at radius 3 is 2.50 bits per heavy atom. The van der Waals surface area contributed by atoms with Gasteiger partial charge in [0.1, 0.15) is 6.67 Å². The molecule has 0 bridgehead atoms. The first-order valence-corrected chi connectivity index (χ1v) is 3.99. The molecular formula is C8H7F4NO3. The zero-order valence-electron chi connectivity index (χ0n) is 8.02. The maximum Gasteiger partial charge on any atom is 0.573 e. The fourth-order valence-electron chi connectivity index (χ4n) is 1.01. The van der Waals surface area contributed by atoms with Gasteiger partial charge in [0.2, 0.25) is 0 Å². The molecule has 0 aliphatic rings. The first-order chi connectivity index (χ1) is 7.37. The summed E-state index contributed by atoms with van der Waals surface area (Å²) in [6, 6.07) is 0.919. The molecule has 0 aliphatic carbocycles. The van der Waals surface area contributed by atoms with Crippen molar-refractivity contribution >= 4 is 0 Å². The highest BCUT2D eigenvalue weighted by molar-refractivity contribution is 5.34. The molecule has 0 saturated heterocycles.